The Morgan fingerprint density at radius 3 is 2.39 bits per heavy atom. The summed E-state index contributed by atoms with van der Waals surface area (Å²) in [5, 5.41) is 1.76. The first-order valence-electron chi connectivity index (χ1n) is 9.06. The maximum Gasteiger partial charge on any atom is 0.410 e. The third-order valence-corrected chi connectivity index (χ3v) is 5.65. The van der Waals surface area contributed by atoms with Crippen molar-refractivity contribution < 1.29 is 9.53 Å². The molecule has 0 saturated carbocycles. The topological polar surface area (TPSA) is 58.8 Å². The highest BCUT2D eigenvalue weighted by Crippen LogP contribution is 2.39. The second-order valence-corrected chi connectivity index (χ2v) is 7.76. The van der Waals surface area contributed by atoms with Crippen LogP contribution in [0.2, 0.25) is 15.1 Å². The summed E-state index contributed by atoms with van der Waals surface area (Å²) in [5.74, 6) is 0. The van der Waals surface area contributed by atoms with Crippen molar-refractivity contribution >= 4 is 46.6 Å². The maximum absolute atomic E-state index is 12.5. The molecule has 1 saturated heterocycles. The zero-order chi connectivity index (χ0) is 20.3. The third kappa shape index (κ3) is 4.33. The lowest BCUT2D eigenvalue weighted by molar-refractivity contribution is 0.0763. The fourth-order valence-electron chi connectivity index (χ4n) is 3.63. The molecule has 1 aliphatic heterocycles. The highest BCUT2D eigenvalue weighted by atomic mass is 35.5. The number of benzene rings is 2. The molecule has 2 atom stereocenters. The second kappa shape index (κ2) is 9.23. The molecule has 0 unspecified atom stereocenters. The molecule has 28 heavy (non-hydrogen) atoms. The van der Waals surface area contributed by atoms with Gasteiger partial charge in [-0.3, -0.25) is 4.90 Å². The van der Waals surface area contributed by atoms with Crippen molar-refractivity contribution in [2.24, 2.45) is 5.73 Å². The summed E-state index contributed by atoms with van der Waals surface area (Å²) in [4.78, 5) is 16.4. The van der Waals surface area contributed by atoms with Gasteiger partial charge >= 0.3 is 6.09 Å². The van der Waals surface area contributed by atoms with E-state index in [4.69, 9.17) is 45.3 Å². The number of piperazine rings is 1. The van der Waals surface area contributed by atoms with Crippen LogP contribution >= 0.6 is 34.8 Å². The molecule has 1 aliphatic rings. The molecule has 1 fully saturated rings. The van der Waals surface area contributed by atoms with Gasteiger partial charge in [-0.05, 0) is 42.8 Å². The number of carbonyl (C=O) groups is 1. The van der Waals surface area contributed by atoms with E-state index in [1.165, 1.54) is 0 Å². The highest BCUT2D eigenvalue weighted by molar-refractivity contribution is 6.36. The molecule has 0 radical (unpaired) electrons. The number of amides is 1. The lowest BCUT2D eigenvalue weighted by Gasteiger charge is -2.48. The summed E-state index contributed by atoms with van der Waals surface area (Å²) in [6.45, 7) is 3.42. The lowest BCUT2D eigenvalue weighted by atomic mass is 9.93. The Morgan fingerprint density at radius 1 is 1.11 bits per heavy atom. The zero-order valence-electron chi connectivity index (χ0n) is 15.4. The van der Waals surface area contributed by atoms with Gasteiger partial charge in [0.1, 0.15) is 0 Å². The number of rotatable bonds is 4. The number of nitrogens with two attached hydrogens (primary N) is 1. The van der Waals surface area contributed by atoms with Gasteiger partial charge < -0.3 is 15.4 Å². The summed E-state index contributed by atoms with van der Waals surface area (Å²) in [6.07, 6.45) is -0.362. The van der Waals surface area contributed by atoms with Crippen LogP contribution in [0.3, 0.4) is 0 Å². The van der Waals surface area contributed by atoms with Gasteiger partial charge in [-0.15, -0.1) is 0 Å². The quantitative estimate of drug-likeness (QED) is 0.724. The number of hydrogen-bond acceptors (Lipinski definition) is 4. The highest BCUT2D eigenvalue weighted by Gasteiger charge is 2.40. The van der Waals surface area contributed by atoms with Gasteiger partial charge in [0.05, 0.1) is 29.4 Å². The minimum atomic E-state index is -0.362. The molecular formula is C20H22Cl3N3O2. The van der Waals surface area contributed by atoms with E-state index in [0.717, 1.165) is 11.3 Å². The summed E-state index contributed by atoms with van der Waals surface area (Å²) < 4.78 is 5.25. The van der Waals surface area contributed by atoms with E-state index in [-0.39, 0.29) is 24.7 Å². The first-order chi connectivity index (χ1) is 13.5. The van der Waals surface area contributed by atoms with E-state index in [2.05, 4.69) is 4.90 Å². The van der Waals surface area contributed by atoms with Gasteiger partial charge in [-0.25, -0.2) is 4.79 Å². The summed E-state index contributed by atoms with van der Waals surface area (Å²) >= 11 is 18.7. The lowest BCUT2D eigenvalue weighted by Crippen LogP contribution is -2.59. The van der Waals surface area contributed by atoms with E-state index in [0.29, 0.717) is 34.8 Å². The Hall–Kier alpha value is -1.66. The van der Waals surface area contributed by atoms with Crippen LogP contribution in [0, 0.1) is 0 Å². The molecule has 5 nitrogen and oxygen atoms in total. The van der Waals surface area contributed by atoms with Crippen molar-refractivity contribution in [2.45, 2.75) is 19.0 Å². The Balaban J connectivity index is 2.06. The molecule has 2 aromatic rings. The van der Waals surface area contributed by atoms with E-state index in [1.54, 1.807) is 24.0 Å². The van der Waals surface area contributed by atoms with E-state index < -0.39 is 0 Å². The monoisotopic (exact) mass is 441 g/mol. The van der Waals surface area contributed by atoms with Crippen LogP contribution in [0.4, 0.5) is 10.5 Å². The predicted octanol–water partition coefficient (Wildman–Crippen LogP) is 4.99. The zero-order valence-corrected chi connectivity index (χ0v) is 17.7. The van der Waals surface area contributed by atoms with Crippen LogP contribution in [-0.4, -0.2) is 43.3 Å². The van der Waals surface area contributed by atoms with Crippen LogP contribution < -0.4 is 10.6 Å². The van der Waals surface area contributed by atoms with Crippen LogP contribution in [0.1, 0.15) is 18.5 Å². The Morgan fingerprint density at radius 2 is 1.79 bits per heavy atom. The molecule has 0 bridgehead atoms. The molecule has 2 N–H and O–H groups in total. The fourth-order valence-corrected chi connectivity index (χ4v) is 4.28. The molecule has 0 aliphatic carbocycles. The normalized spacial score (nSPS) is 19.6. The summed E-state index contributed by atoms with van der Waals surface area (Å²) in [6, 6.07) is 12.5. The van der Waals surface area contributed by atoms with Crippen LogP contribution in [0.15, 0.2) is 42.5 Å². The second-order valence-electron chi connectivity index (χ2n) is 6.48. The van der Waals surface area contributed by atoms with Crippen LogP contribution in [-0.2, 0) is 4.74 Å². The smallest absolute Gasteiger partial charge is 0.410 e. The number of halogens is 3. The number of ether oxygens (including phenoxy) is 1. The van der Waals surface area contributed by atoms with Gasteiger partial charge in [0.2, 0.25) is 0 Å². The summed E-state index contributed by atoms with van der Waals surface area (Å²) in [7, 11) is 0. The van der Waals surface area contributed by atoms with Gasteiger partial charge in [0, 0.05) is 29.7 Å². The molecule has 2 aromatic carbocycles. The van der Waals surface area contributed by atoms with Crippen molar-refractivity contribution in [3.05, 3.63) is 63.1 Å². The fraction of sp³-hybridized carbons (Fsp3) is 0.350. The van der Waals surface area contributed by atoms with E-state index in [1.807, 2.05) is 30.3 Å². The van der Waals surface area contributed by atoms with Crippen molar-refractivity contribution in [3.63, 3.8) is 0 Å². The van der Waals surface area contributed by atoms with E-state index >= 15 is 0 Å². The van der Waals surface area contributed by atoms with Gasteiger partial charge in [-0.2, -0.15) is 0 Å². The Bertz CT molecular complexity index is 832. The average molecular weight is 443 g/mol. The largest absolute Gasteiger partial charge is 0.450 e. The molecule has 8 heteroatoms. The number of nitrogens with zero attached hydrogens (tertiary/aromatic N) is 2. The molecule has 0 spiro atoms. The molecule has 150 valence electrons. The molecular weight excluding hydrogens is 421 g/mol. The predicted molar refractivity (Wildman–Crippen MR) is 115 cm³/mol. The minimum absolute atomic E-state index is 0.209. The first-order valence-corrected chi connectivity index (χ1v) is 10.2. The standard InChI is InChI=1S/C20H22Cl3N3O2/c1-2-28-20(27)26-10-9-25(17-8-7-15(22)11-16(17)23)19(18(26)12-24)13-3-5-14(21)6-4-13/h3-8,11,18-19H,2,9-10,12,24H2,1H3/t18-,19+/m1/s1. The molecule has 3 rings (SSSR count). The van der Waals surface area contributed by atoms with Gasteiger partial charge in [0.15, 0.2) is 0 Å². The van der Waals surface area contributed by atoms with Crippen molar-refractivity contribution in [3.8, 4) is 0 Å². The Kier molecular flexibility index (Phi) is 6.94. The van der Waals surface area contributed by atoms with Crippen LogP contribution in [0.5, 0.6) is 0 Å². The summed E-state index contributed by atoms with van der Waals surface area (Å²) in [5.41, 5.74) is 7.96. The van der Waals surface area contributed by atoms with E-state index in [9.17, 15) is 4.79 Å². The number of anilines is 1. The third-order valence-electron chi connectivity index (χ3n) is 4.86. The first kappa shape index (κ1) is 21.1. The number of hydrogen-bond donors (Lipinski definition) is 1. The molecule has 1 heterocycles. The van der Waals surface area contributed by atoms with Gasteiger partial charge in [0.25, 0.3) is 0 Å². The average Bonchev–Trinajstić information content (AvgIpc) is 2.68. The van der Waals surface area contributed by atoms with Crippen LogP contribution in [0.25, 0.3) is 0 Å². The minimum Gasteiger partial charge on any atom is -0.450 e. The number of carbonyl (C=O) groups excluding carboxylic acids is 1. The maximum atomic E-state index is 12.5. The van der Waals surface area contributed by atoms with Gasteiger partial charge in [-0.1, -0.05) is 46.9 Å². The molecule has 0 aromatic heterocycles. The Labute approximate surface area is 179 Å². The molecule has 1 amide bonds. The SMILES string of the molecule is CCOC(=O)N1CCN(c2ccc(Cl)cc2Cl)[C@@H](c2ccc(Cl)cc2)[C@H]1CN. The van der Waals surface area contributed by atoms with Crippen molar-refractivity contribution in [2.75, 3.05) is 31.1 Å². The van der Waals surface area contributed by atoms with Crippen molar-refractivity contribution in [1.29, 1.82) is 0 Å². The van der Waals surface area contributed by atoms with Crippen molar-refractivity contribution in [1.82, 2.24) is 4.90 Å².